The molecule has 13 heteroatoms. The molecule has 0 heterocycles. The highest BCUT2D eigenvalue weighted by molar-refractivity contribution is 5.94. The summed E-state index contributed by atoms with van der Waals surface area (Å²) >= 11 is 0. The van der Waals surface area contributed by atoms with Crippen molar-refractivity contribution in [3.63, 3.8) is 0 Å². The van der Waals surface area contributed by atoms with E-state index in [9.17, 15) is 29.4 Å². The van der Waals surface area contributed by atoms with Crippen LogP contribution in [0, 0.1) is 11.8 Å². The molecular formula is C19H37N7O6. The lowest BCUT2D eigenvalue weighted by Crippen LogP contribution is -2.59. The highest BCUT2D eigenvalue weighted by atomic mass is 16.4. The lowest BCUT2D eigenvalue weighted by molar-refractivity contribution is -0.144. The number of aliphatic hydroxyl groups excluding tert-OH is 1. The molecule has 0 aliphatic heterocycles. The number of guanidine groups is 1. The molecule has 4 unspecified atom stereocenters. The first-order valence-electron chi connectivity index (χ1n) is 10.4. The summed E-state index contributed by atoms with van der Waals surface area (Å²) in [7, 11) is 0. The standard InChI is InChI=1S/C19H37N7O6/c1-9(2)13(25-15(28)11(20)6-5-7-23-19(21)22)17(30)24-12(8-27)16(29)26-14(10(3)4)18(31)32/h9-14,27H,5-8,20H2,1-4H3,(H,24,30)(H,25,28)(H,26,29)(H,31,32)(H4,21,22,23). The Balaban J connectivity index is 5.05. The van der Waals surface area contributed by atoms with Gasteiger partial charge in [0.15, 0.2) is 5.96 Å². The minimum absolute atomic E-state index is 0.0647. The highest BCUT2D eigenvalue weighted by Gasteiger charge is 2.32. The molecule has 3 amide bonds. The number of nitrogens with one attached hydrogen (secondary N) is 3. The van der Waals surface area contributed by atoms with E-state index in [1.165, 1.54) is 0 Å². The van der Waals surface area contributed by atoms with E-state index in [1.807, 2.05) is 0 Å². The number of rotatable bonds is 14. The molecule has 4 atom stereocenters. The monoisotopic (exact) mass is 459 g/mol. The number of hydrogen-bond acceptors (Lipinski definition) is 7. The van der Waals surface area contributed by atoms with Crippen molar-refractivity contribution in [2.75, 3.05) is 13.2 Å². The number of carboxylic acids is 1. The fourth-order valence-electron chi connectivity index (χ4n) is 2.67. The average molecular weight is 460 g/mol. The van der Waals surface area contributed by atoms with Crippen LogP contribution in [0.4, 0.5) is 0 Å². The van der Waals surface area contributed by atoms with Crippen molar-refractivity contribution < 1.29 is 29.4 Å². The van der Waals surface area contributed by atoms with Crippen LogP contribution in [0.3, 0.4) is 0 Å². The van der Waals surface area contributed by atoms with Gasteiger partial charge in [-0.3, -0.25) is 19.4 Å². The largest absolute Gasteiger partial charge is 0.480 e. The van der Waals surface area contributed by atoms with E-state index in [0.717, 1.165) is 0 Å². The fraction of sp³-hybridized carbons (Fsp3) is 0.737. The molecule has 0 aromatic carbocycles. The second kappa shape index (κ2) is 14.2. The van der Waals surface area contributed by atoms with Gasteiger partial charge >= 0.3 is 5.97 Å². The Hall–Kier alpha value is -2.93. The van der Waals surface area contributed by atoms with Crippen molar-refractivity contribution >= 4 is 29.7 Å². The second-order valence-electron chi connectivity index (χ2n) is 8.10. The molecule has 0 saturated carbocycles. The van der Waals surface area contributed by atoms with Crippen LogP contribution < -0.4 is 33.2 Å². The van der Waals surface area contributed by atoms with E-state index in [1.54, 1.807) is 27.7 Å². The summed E-state index contributed by atoms with van der Waals surface area (Å²) in [6.45, 7) is 6.13. The van der Waals surface area contributed by atoms with Crippen molar-refractivity contribution in [2.24, 2.45) is 34.0 Å². The Kier molecular flexibility index (Phi) is 12.9. The van der Waals surface area contributed by atoms with E-state index in [0.29, 0.717) is 13.0 Å². The van der Waals surface area contributed by atoms with Crippen molar-refractivity contribution in [3.05, 3.63) is 0 Å². The molecule has 0 aromatic rings. The van der Waals surface area contributed by atoms with Gasteiger partial charge in [0.25, 0.3) is 0 Å². The molecule has 0 aliphatic carbocycles. The van der Waals surface area contributed by atoms with Crippen LogP contribution in [-0.2, 0) is 19.2 Å². The van der Waals surface area contributed by atoms with Crippen LogP contribution in [0.1, 0.15) is 40.5 Å². The third-order valence-corrected chi connectivity index (χ3v) is 4.60. The topological polar surface area (TPSA) is 235 Å². The van der Waals surface area contributed by atoms with E-state index in [4.69, 9.17) is 17.2 Å². The Morgan fingerprint density at radius 3 is 1.84 bits per heavy atom. The first-order valence-corrected chi connectivity index (χ1v) is 10.4. The molecule has 0 radical (unpaired) electrons. The molecule has 0 fully saturated rings. The molecule has 0 rings (SSSR count). The minimum atomic E-state index is -1.39. The fourth-order valence-corrected chi connectivity index (χ4v) is 2.67. The van der Waals surface area contributed by atoms with Crippen molar-refractivity contribution in [2.45, 2.75) is 64.7 Å². The lowest BCUT2D eigenvalue weighted by Gasteiger charge is -2.26. The quantitative estimate of drug-likeness (QED) is 0.0760. The van der Waals surface area contributed by atoms with Crippen LogP contribution in [0.15, 0.2) is 4.99 Å². The van der Waals surface area contributed by atoms with Crippen LogP contribution in [0.5, 0.6) is 0 Å². The summed E-state index contributed by atoms with van der Waals surface area (Å²) in [4.78, 5) is 52.5. The van der Waals surface area contributed by atoms with E-state index in [-0.39, 0.29) is 18.3 Å². The highest BCUT2D eigenvalue weighted by Crippen LogP contribution is 2.06. The summed E-state index contributed by atoms with van der Waals surface area (Å²) < 4.78 is 0. The van der Waals surface area contributed by atoms with Crippen LogP contribution >= 0.6 is 0 Å². The number of hydrogen-bond donors (Lipinski definition) is 8. The normalized spacial score (nSPS) is 14.8. The van der Waals surface area contributed by atoms with Crippen molar-refractivity contribution in [1.82, 2.24) is 16.0 Å². The molecule has 184 valence electrons. The van der Waals surface area contributed by atoms with Crippen LogP contribution in [-0.4, -0.2) is 77.2 Å². The maximum absolute atomic E-state index is 12.7. The Bertz CT molecular complexity index is 679. The van der Waals surface area contributed by atoms with E-state index in [2.05, 4.69) is 20.9 Å². The number of carbonyl (C=O) groups is 4. The predicted octanol–water partition coefficient (Wildman–Crippen LogP) is -2.79. The maximum atomic E-state index is 12.7. The molecule has 0 saturated heterocycles. The lowest BCUT2D eigenvalue weighted by atomic mass is 10.0. The molecule has 13 nitrogen and oxygen atoms in total. The molecule has 32 heavy (non-hydrogen) atoms. The van der Waals surface area contributed by atoms with Gasteiger partial charge in [-0.15, -0.1) is 0 Å². The van der Waals surface area contributed by atoms with Gasteiger partial charge in [0.2, 0.25) is 17.7 Å². The average Bonchev–Trinajstić information content (AvgIpc) is 2.69. The summed E-state index contributed by atoms with van der Waals surface area (Å²) in [6, 6.07) is -4.52. The Labute approximate surface area is 187 Å². The minimum Gasteiger partial charge on any atom is -0.480 e. The smallest absolute Gasteiger partial charge is 0.326 e. The zero-order chi connectivity index (χ0) is 25.0. The van der Waals surface area contributed by atoms with Gasteiger partial charge in [0.05, 0.1) is 12.6 Å². The predicted molar refractivity (Wildman–Crippen MR) is 118 cm³/mol. The van der Waals surface area contributed by atoms with Gasteiger partial charge < -0.3 is 43.4 Å². The van der Waals surface area contributed by atoms with Gasteiger partial charge in [-0.05, 0) is 24.7 Å². The van der Waals surface area contributed by atoms with Gasteiger partial charge in [-0.25, -0.2) is 4.79 Å². The molecular weight excluding hydrogens is 422 g/mol. The number of carboxylic acid groups (broad SMARTS) is 1. The van der Waals surface area contributed by atoms with Gasteiger partial charge in [-0.1, -0.05) is 27.7 Å². The molecule has 0 aliphatic rings. The van der Waals surface area contributed by atoms with Gasteiger partial charge in [0.1, 0.15) is 18.1 Å². The number of aliphatic carboxylic acids is 1. The summed E-state index contributed by atoms with van der Waals surface area (Å²) in [5.74, 6) is -4.22. The zero-order valence-corrected chi connectivity index (χ0v) is 19.0. The SMILES string of the molecule is CC(C)C(NC(=O)C(CO)NC(=O)C(NC(=O)C(N)CCCN=C(N)N)C(C)C)C(=O)O. The third kappa shape index (κ3) is 10.4. The molecule has 0 aromatic heterocycles. The number of aliphatic imine (C=N–C) groups is 1. The van der Waals surface area contributed by atoms with Crippen molar-refractivity contribution in [1.29, 1.82) is 0 Å². The van der Waals surface area contributed by atoms with Gasteiger partial charge in [0, 0.05) is 6.54 Å². The van der Waals surface area contributed by atoms with E-state index >= 15 is 0 Å². The van der Waals surface area contributed by atoms with Crippen molar-refractivity contribution in [3.8, 4) is 0 Å². The first-order chi connectivity index (χ1) is 14.8. The number of carbonyl (C=O) groups excluding carboxylic acids is 3. The first kappa shape index (κ1) is 29.1. The van der Waals surface area contributed by atoms with Crippen LogP contribution in [0.2, 0.25) is 0 Å². The van der Waals surface area contributed by atoms with Gasteiger partial charge in [-0.2, -0.15) is 0 Å². The summed E-state index contributed by atoms with van der Waals surface area (Å²) in [5.41, 5.74) is 16.3. The number of aliphatic hydroxyl groups is 1. The number of amides is 3. The Morgan fingerprint density at radius 2 is 1.41 bits per heavy atom. The summed E-state index contributed by atoms with van der Waals surface area (Å²) in [6.07, 6.45) is 0.737. The maximum Gasteiger partial charge on any atom is 0.326 e. The third-order valence-electron chi connectivity index (χ3n) is 4.60. The molecule has 11 N–H and O–H groups in total. The number of nitrogens with two attached hydrogens (primary N) is 3. The molecule has 0 spiro atoms. The van der Waals surface area contributed by atoms with E-state index < -0.39 is 60.4 Å². The Morgan fingerprint density at radius 1 is 0.875 bits per heavy atom. The van der Waals surface area contributed by atoms with Crippen LogP contribution in [0.25, 0.3) is 0 Å². The molecule has 0 bridgehead atoms. The zero-order valence-electron chi connectivity index (χ0n) is 19.0. The summed E-state index contributed by atoms with van der Waals surface area (Å²) in [5, 5.41) is 25.9. The number of nitrogens with zero attached hydrogens (tertiary/aromatic N) is 1. The second-order valence-corrected chi connectivity index (χ2v) is 8.10.